The molecule has 0 spiro atoms. The van der Waals surface area contributed by atoms with Gasteiger partial charge in [0.15, 0.2) is 0 Å². The van der Waals surface area contributed by atoms with Crippen LogP contribution in [-0.4, -0.2) is 19.0 Å². The Hall–Kier alpha value is -0.301. The smallest absolute Gasteiger partial charge is 0.307 e. The van der Waals surface area contributed by atoms with Crippen LogP contribution in [-0.2, 0) is 23.6 Å². The van der Waals surface area contributed by atoms with Crippen molar-refractivity contribution < 1.29 is 17.1 Å². The van der Waals surface area contributed by atoms with E-state index in [1.54, 1.807) is 0 Å². The average Bonchev–Trinajstić information content (AvgIpc) is 1.88. The second-order valence-electron chi connectivity index (χ2n) is 2.63. The van der Waals surface area contributed by atoms with E-state index in [1.165, 1.54) is 5.56 Å². The molecule has 64 valence electrons. The Morgan fingerprint density at radius 1 is 1.36 bits per heavy atom. The van der Waals surface area contributed by atoms with Gasteiger partial charge in [-0.2, -0.15) is 30.3 Å². The summed E-state index contributed by atoms with van der Waals surface area (Å²) in [4.78, 5) is 2.13. The third kappa shape index (κ3) is 4.20. The number of benzene rings is 1. The van der Waals surface area contributed by atoms with Crippen LogP contribution < -0.4 is 0 Å². The molecule has 0 aliphatic carbocycles. The van der Waals surface area contributed by atoms with Crippen molar-refractivity contribution in [1.82, 2.24) is 4.90 Å². The molecule has 0 atom stereocenters. The van der Waals surface area contributed by atoms with Crippen LogP contribution in [0.4, 0.5) is 0 Å². The topological polar surface area (TPSA) is 3.24 Å². The summed E-state index contributed by atoms with van der Waals surface area (Å²) in [5, 5.41) is 0. The molecule has 0 bridgehead atoms. The van der Waals surface area contributed by atoms with Crippen molar-refractivity contribution >= 4 is 0 Å². The van der Waals surface area contributed by atoms with Crippen LogP contribution in [0.1, 0.15) is 5.56 Å². The second kappa shape index (κ2) is 5.36. The zero-order valence-corrected chi connectivity index (χ0v) is 7.71. The minimum Gasteiger partial charge on any atom is -0.307 e. The van der Waals surface area contributed by atoms with E-state index >= 15 is 0 Å². The summed E-state index contributed by atoms with van der Waals surface area (Å²) in [6, 6.07) is 11.2. The van der Waals surface area contributed by atoms with E-state index < -0.39 is 0 Å². The summed E-state index contributed by atoms with van der Waals surface area (Å²) in [7, 11) is 4.11. The number of hydrogen-bond acceptors (Lipinski definition) is 1. The molecule has 1 nitrogen and oxygen atoms in total. The maximum absolute atomic E-state index is 3.16. The first-order valence-electron chi connectivity index (χ1n) is 3.39. The molecule has 1 aromatic rings. The van der Waals surface area contributed by atoms with Gasteiger partial charge in [-0.05, 0) is 14.1 Å². The molecule has 0 saturated carbocycles. The summed E-state index contributed by atoms with van der Waals surface area (Å²) in [6.45, 7) is 0.973. The fraction of sp³-hybridized carbons (Fsp3) is 0.333. The zero-order valence-electron chi connectivity index (χ0n) is 6.77. The normalized spacial score (nSPS) is 9.36. The van der Waals surface area contributed by atoms with E-state index in [0.29, 0.717) is 0 Å². The van der Waals surface area contributed by atoms with Gasteiger partial charge < -0.3 is 4.90 Å². The summed E-state index contributed by atoms with van der Waals surface area (Å²) in [6.07, 6.45) is 0. The summed E-state index contributed by atoms with van der Waals surface area (Å²) in [5.74, 6) is 0. The van der Waals surface area contributed by atoms with Crippen molar-refractivity contribution in [2.24, 2.45) is 0 Å². The zero-order chi connectivity index (χ0) is 7.40. The molecular formula is C9H12CuN. The van der Waals surface area contributed by atoms with E-state index in [0.717, 1.165) is 6.54 Å². The summed E-state index contributed by atoms with van der Waals surface area (Å²) >= 11 is 0. The Labute approximate surface area is 78.9 Å². The van der Waals surface area contributed by atoms with Crippen LogP contribution in [0.2, 0.25) is 0 Å². The SMILES string of the molecule is CN(C)Cc1[c-]cccc1.[Cu+]. The molecule has 2 heteroatoms. The predicted octanol–water partition coefficient (Wildman–Crippen LogP) is 1.55. The molecule has 11 heavy (non-hydrogen) atoms. The van der Waals surface area contributed by atoms with Gasteiger partial charge >= 0.3 is 17.1 Å². The standard InChI is InChI=1S/C9H12N.Cu/c1-10(2)8-9-6-4-3-5-7-9;/h3-6H,8H2,1-2H3;/q-1;+1. The number of nitrogens with zero attached hydrogens (tertiary/aromatic N) is 1. The van der Waals surface area contributed by atoms with Crippen LogP contribution >= 0.6 is 0 Å². The maximum Gasteiger partial charge on any atom is 1.00 e. The Balaban J connectivity index is 0.000001000. The van der Waals surface area contributed by atoms with Gasteiger partial charge in [0.1, 0.15) is 0 Å². The molecule has 0 radical (unpaired) electrons. The molecule has 0 N–H and O–H groups in total. The Kier molecular flexibility index (Phi) is 5.22. The van der Waals surface area contributed by atoms with Crippen LogP contribution in [0.25, 0.3) is 0 Å². The van der Waals surface area contributed by atoms with E-state index in [1.807, 2.05) is 18.2 Å². The minimum absolute atomic E-state index is 0. The average molecular weight is 198 g/mol. The second-order valence-corrected chi connectivity index (χ2v) is 2.63. The van der Waals surface area contributed by atoms with Crippen LogP contribution in [0.15, 0.2) is 24.3 Å². The molecule has 0 saturated heterocycles. The summed E-state index contributed by atoms with van der Waals surface area (Å²) < 4.78 is 0. The van der Waals surface area contributed by atoms with Crippen molar-refractivity contribution in [2.75, 3.05) is 14.1 Å². The molecule has 1 aromatic carbocycles. The van der Waals surface area contributed by atoms with E-state index in [2.05, 4.69) is 31.1 Å². The van der Waals surface area contributed by atoms with Crippen molar-refractivity contribution in [3.63, 3.8) is 0 Å². The minimum atomic E-state index is 0. The van der Waals surface area contributed by atoms with Gasteiger partial charge in [0.25, 0.3) is 0 Å². The third-order valence-electron chi connectivity index (χ3n) is 1.26. The van der Waals surface area contributed by atoms with E-state index in [-0.39, 0.29) is 17.1 Å². The first-order valence-corrected chi connectivity index (χ1v) is 3.39. The molecule has 1 rings (SSSR count). The van der Waals surface area contributed by atoms with Crippen molar-refractivity contribution in [1.29, 1.82) is 0 Å². The monoisotopic (exact) mass is 197 g/mol. The van der Waals surface area contributed by atoms with Crippen LogP contribution in [0, 0.1) is 6.07 Å². The molecule has 0 aromatic heterocycles. The van der Waals surface area contributed by atoms with Gasteiger partial charge in [-0.15, -0.1) is 5.56 Å². The van der Waals surface area contributed by atoms with Gasteiger partial charge in [-0.3, -0.25) is 0 Å². The molecular weight excluding hydrogens is 186 g/mol. The molecule has 0 unspecified atom stereocenters. The quantitative estimate of drug-likeness (QED) is 0.514. The van der Waals surface area contributed by atoms with Gasteiger partial charge in [0.05, 0.1) is 0 Å². The van der Waals surface area contributed by atoms with Crippen LogP contribution in [0.3, 0.4) is 0 Å². The number of rotatable bonds is 2. The van der Waals surface area contributed by atoms with Gasteiger partial charge in [-0.1, -0.05) is 0 Å². The molecule has 0 amide bonds. The fourth-order valence-electron chi connectivity index (χ4n) is 0.870. The molecule has 0 heterocycles. The van der Waals surface area contributed by atoms with E-state index in [4.69, 9.17) is 0 Å². The third-order valence-corrected chi connectivity index (χ3v) is 1.26. The Morgan fingerprint density at radius 3 is 2.55 bits per heavy atom. The van der Waals surface area contributed by atoms with Gasteiger partial charge in [0, 0.05) is 6.54 Å². The summed E-state index contributed by atoms with van der Waals surface area (Å²) in [5.41, 5.74) is 1.24. The largest absolute Gasteiger partial charge is 1.00 e. The predicted molar refractivity (Wildman–Crippen MR) is 42.7 cm³/mol. The molecule has 0 aliphatic rings. The van der Waals surface area contributed by atoms with Crippen molar-refractivity contribution in [3.05, 3.63) is 35.9 Å². The molecule has 0 aliphatic heterocycles. The maximum atomic E-state index is 3.16. The van der Waals surface area contributed by atoms with Crippen LogP contribution in [0.5, 0.6) is 0 Å². The first kappa shape index (κ1) is 10.7. The van der Waals surface area contributed by atoms with Crippen molar-refractivity contribution in [3.8, 4) is 0 Å². The number of hydrogen-bond donors (Lipinski definition) is 0. The van der Waals surface area contributed by atoms with Crippen molar-refractivity contribution in [2.45, 2.75) is 6.54 Å². The fourth-order valence-corrected chi connectivity index (χ4v) is 0.870. The molecule has 0 fully saturated rings. The van der Waals surface area contributed by atoms with E-state index in [9.17, 15) is 0 Å². The van der Waals surface area contributed by atoms with Gasteiger partial charge in [-0.25, -0.2) is 0 Å². The Bertz CT molecular complexity index is 184. The van der Waals surface area contributed by atoms with Gasteiger partial charge in [0.2, 0.25) is 0 Å². The Morgan fingerprint density at radius 2 is 2.09 bits per heavy atom. The first-order chi connectivity index (χ1) is 4.79.